The molecule has 2 rings (SSSR count). The second kappa shape index (κ2) is 9.65. The standard InChI is InChI=1S/C18H22FN3O5/c1-2-20-18(26)21-15(23)11-27-17(25)13-7-9-22(10-8-13)16(24)12-3-5-14(19)6-4-12/h3-6,13H,2,7-11H2,1H3,(H2,20,21,23,26). The van der Waals surface area contributed by atoms with E-state index in [4.69, 9.17) is 4.74 Å². The number of nitrogens with one attached hydrogen (secondary N) is 2. The van der Waals surface area contributed by atoms with E-state index in [-0.39, 0.29) is 5.91 Å². The van der Waals surface area contributed by atoms with Gasteiger partial charge in [-0.25, -0.2) is 9.18 Å². The average Bonchev–Trinajstić information content (AvgIpc) is 2.66. The maximum absolute atomic E-state index is 12.9. The molecule has 9 heteroatoms. The minimum absolute atomic E-state index is 0.219. The predicted molar refractivity (Wildman–Crippen MR) is 93.2 cm³/mol. The molecule has 0 bridgehead atoms. The van der Waals surface area contributed by atoms with E-state index < -0.39 is 36.2 Å². The monoisotopic (exact) mass is 379 g/mol. The third-order valence-corrected chi connectivity index (χ3v) is 4.14. The van der Waals surface area contributed by atoms with Gasteiger partial charge in [0.2, 0.25) is 0 Å². The molecule has 1 saturated heterocycles. The van der Waals surface area contributed by atoms with Crippen molar-refractivity contribution in [3.63, 3.8) is 0 Å². The van der Waals surface area contributed by atoms with Crippen LogP contribution in [-0.4, -0.2) is 55.0 Å². The lowest BCUT2D eigenvalue weighted by Gasteiger charge is -2.31. The van der Waals surface area contributed by atoms with E-state index in [1.54, 1.807) is 11.8 Å². The first-order chi connectivity index (χ1) is 12.9. The summed E-state index contributed by atoms with van der Waals surface area (Å²) in [5.74, 6) is -2.29. The molecule has 0 unspecified atom stereocenters. The zero-order valence-electron chi connectivity index (χ0n) is 15.0. The predicted octanol–water partition coefficient (Wildman–Crippen LogP) is 1.07. The Bertz CT molecular complexity index is 699. The Morgan fingerprint density at radius 3 is 2.37 bits per heavy atom. The Balaban J connectivity index is 1.75. The topological polar surface area (TPSA) is 105 Å². The van der Waals surface area contributed by atoms with Crippen LogP contribution in [0.5, 0.6) is 0 Å². The van der Waals surface area contributed by atoms with Crippen LogP contribution in [-0.2, 0) is 14.3 Å². The third kappa shape index (κ3) is 6.05. The number of likely N-dealkylation sites (tertiary alicyclic amines) is 1. The largest absolute Gasteiger partial charge is 0.455 e. The van der Waals surface area contributed by atoms with Gasteiger partial charge in [-0.1, -0.05) is 0 Å². The van der Waals surface area contributed by atoms with E-state index in [0.717, 1.165) is 0 Å². The van der Waals surface area contributed by atoms with Crippen molar-refractivity contribution in [2.45, 2.75) is 19.8 Å². The van der Waals surface area contributed by atoms with E-state index in [1.807, 2.05) is 5.32 Å². The minimum atomic E-state index is -0.710. The maximum atomic E-state index is 12.9. The number of carbonyl (C=O) groups excluding carboxylic acids is 4. The molecule has 1 aliphatic heterocycles. The number of hydrogen-bond acceptors (Lipinski definition) is 5. The lowest BCUT2D eigenvalue weighted by atomic mass is 9.96. The van der Waals surface area contributed by atoms with Crippen LogP contribution in [0.2, 0.25) is 0 Å². The van der Waals surface area contributed by atoms with Crippen molar-refractivity contribution in [2.75, 3.05) is 26.2 Å². The second-order valence-electron chi connectivity index (χ2n) is 6.09. The number of imide groups is 1. The van der Waals surface area contributed by atoms with Gasteiger partial charge in [0.05, 0.1) is 5.92 Å². The molecule has 27 heavy (non-hydrogen) atoms. The summed E-state index contributed by atoms with van der Waals surface area (Å²) >= 11 is 0. The Hall–Kier alpha value is -2.97. The molecule has 1 aromatic carbocycles. The molecule has 0 spiro atoms. The van der Waals surface area contributed by atoms with E-state index >= 15 is 0 Å². The number of nitrogens with zero attached hydrogens (tertiary/aromatic N) is 1. The fourth-order valence-electron chi connectivity index (χ4n) is 2.72. The van der Waals surface area contributed by atoms with Gasteiger partial charge in [0.15, 0.2) is 6.61 Å². The summed E-state index contributed by atoms with van der Waals surface area (Å²) in [7, 11) is 0. The molecule has 1 heterocycles. The van der Waals surface area contributed by atoms with Crippen LogP contribution in [0.15, 0.2) is 24.3 Å². The third-order valence-electron chi connectivity index (χ3n) is 4.14. The number of benzene rings is 1. The van der Waals surface area contributed by atoms with E-state index in [2.05, 4.69) is 5.32 Å². The quantitative estimate of drug-likeness (QED) is 0.745. The molecule has 0 aliphatic carbocycles. The number of carbonyl (C=O) groups is 4. The minimum Gasteiger partial charge on any atom is -0.455 e. The van der Waals surface area contributed by atoms with Crippen molar-refractivity contribution >= 4 is 23.8 Å². The molecule has 1 fully saturated rings. The van der Waals surface area contributed by atoms with Crippen LogP contribution >= 0.6 is 0 Å². The molecule has 0 saturated carbocycles. The number of hydrogen-bond donors (Lipinski definition) is 2. The highest BCUT2D eigenvalue weighted by molar-refractivity contribution is 5.96. The van der Waals surface area contributed by atoms with Crippen molar-refractivity contribution < 1.29 is 28.3 Å². The molecular formula is C18H22FN3O5. The van der Waals surface area contributed by atoms with Gasteiger partial charge in [0.25, 0.3) is 11.8 Å². The van der Waals surface area contributed by atoms with Gasteiger partial charge in [-0.3, -0.25) is 19.7 Å². The highest BCUT2D eigenvalue weighted by Gasteiger charge is 2.29. The smallest absolute Gasteiger partial charge is 0.321 e. The van der Waals surface area contributed by atoms with Crippen LogP contribution in [0.1, 0.15) is 30.1 Å². The number of urea groups is 1. The number of esters is 1. The molecule has 0 atom stereocenters. The SMILES string of the molecule is CCNC(=O)NC(=O)COC(=O)C1CCN(C(=O)c2ccc(F)cc2)CC1. The molecule has 8 nitrogen and oxygen atoms in total. The van der Waals surface area contributed by atoms with Gasteiger partial charge in [-0.05, 0) is 44.0 Å². The summed E-state index contributed by atoms with van der Waals surface area (Å²) < 4.78 is 17.9. The summed E-state index contributed by atoms with van der Waals surface area (Å²) in [6.45, 7) is 2.26. The normalized spacial score (nSPS) is 14.4. The molecule has 0 aromatic heterocycles. The fraction of sp³-hybridized carbons (Fsp3) is 0.444. The van der Waals surface area contributed by atoms with Gasteiger partial charge in [0, 0.05) is 25.2 Å². The molecule has 1 aliphatic rings. The Morgan fingerprint density at radius 1 is 1.15 bits per heavy atom. The van der Waals surface area contributed by atoms with E-state index in [9.17, 15) is 23.6 Å². The zero-order chi connectivity index (χ0) is 19.8. The van der Waals surface area contributed by atoms with Gasteiger partial charge in [0.1, 0.15) is 5.82 Å². The maximum Gasteiger partial charge on any atom is 0.321 e. The van der Waals surface area contributed by atoms with Crippen molar-refractivity contribution in [2.24, 2.45) is 5.92 Å². The van der Waals surface area contributed by atoms with Gasteiger partial charge >= 0.3 is 12.0 Å². The highest BCUT2D eigenvalue weighted by atomic mass is 19.1. The number of piperidine rings is 1. The lowest BCUT2D eigenvalue weighted by Crippen LogP contribution is -2.43. The van der Waals surface area contributed by atoms with Crippen molar-refractivity contribution in [1.29, 1.82) is 0 Å². The number of rotatable bonds is 5. The van der Waals surface area contributed by atoms with Crippen LogP contribution < -0.4 is 10.6 Å². The summed E-state index contributed by atoms with van der Waals surface area (Å²) in [5.41, 5.74) is 0.388. The summed E-state index contributed by atoms with van der Waals surface area (Å²) in [6, 6.07) is 4.65. The van der Waals surface area contributed by atoms with Crippen molar-refractivity contribution in [3.8, 4) is 0 Å². The Kier molecular flexibility index (Phi) is 7.27. The average molecular weight is 379 g/mol. The second-order valence-corrected chi connectivity index (χ2v) is 6.09. The molecule has 1 aromatic rings. The first kappa shape index (κ1) is 20.3. The highest BCUT2D eigenvalue weighted by Crippen LogP contribution is 2.20. The van der Waals surface area contributed by atoms with Crippen molar-refractivity contribution in [1.82, 2.24) is 15.5 Å². The number of ether oxygens (including phenoxy) is 1. The zero-order valence-corrected chi connectivity index (χ0v) is 15.0. The molecule has 0 radical (unpaired) electrons. The molecular weight excluding hydrogens is 357 g/mol. The number of halogens is 1. The summed E-state index contributed by atoms with van der Waals surface area (Å²) in [6.07, 6.45) is 0.813. The number of amides is 4. The van der Waals surface area contributed by atoms with Gasteiger partial charge in [-0.2, -0.15) is 0 Å². The molecule has 2 N–H and O–H groups in total. The van der Waals surface area contributed by atoms with Crippen LogP contribution in [0, 0.1) is 11.7 Å². The Labute approximate surface area is 156 Å². The molecule has 146 valence electrons. The van der Waals surface area contributed by atoms with Crippen molar-refractivity contribution in [3.05, 3.63) is 35.6 Å². The van der Waals surface area contributed by atoms with Crippen LogP contribution in [0.4, 0.5) is 9.18 Å². The molecule has 4 amide bonds. The summed E-state index contributed by atoms with van der Waals surface area (Å²) in [5, 5.41) is 4.43. The van der Waals surface area contributed by atoms with Crippen LogP contribution in [0.3, 0.4) is 0 Å². The first-order valence-corrected chi connectivity index (χ1v) is 8.70. The Morgan fingerprint density at radius 2 is 1.78 bits per heavy atom. The van der Waals surface area contributed by atoms with Crippen LogP contribution in [0.25, 0.3) is 0 Å². The van der Waals surface area contributed by atoms with E-state index in [0.29, 0.717) is 38.0 Å². The lowest BCUT2D eigenvalue weighted by molar-refractivity contribution is -0.153. The van der Waals surface area contributed by atoms with Gasteiger partial charge < -0.3 is 15.0 Å². The van der Waals surface area contributed by atoms with E-state index in [1.165, 1.54) is 24.3 Å². The van der Waals surface area contributed by atoms with Gasteiger partial charge in [-0.15, -0.1) is 0 Å². The fourth-order valence-corrected chi connectivity index (χ4v) is 2.72. The summed E-state index contributed by atoms with van der Waals surface area (Å²) in [4.78, 5) is 48.7. The first-order valence-electron chi connectivity index (χ1n) is 8.70.